The van der Waals surface area contributed by atoms with Crippen molar-refractivity contribution < 1.29 is 4.79 Å². The summed E-state index contributed by atoms with van der Waals surface area (Å²) in [6.07, 6.45) is 13.3. The summed E-state index contributed by atoms with van der Waals surface area (Å²) in [5.41, 5.74) is 2.60. The molecule has 0 aromatic carbocycles. The van der Waals surface area contributed by atoms with Crippen LogP contribution in [0.1, 0.15) is 79.1 Å². The molecule has 24 heavy (non-hydrogen) atoms. The molecule has 0 aromatic heterocycles. The maximum absolute atomic E-state index is 11.6. The van der Waals surface area contributed by atoms with Gasteiger partial charge in [-0.3, -0.25) is 4.79 Å². The summed E-state index contributed by atoms with van der Waals surface area (Å²) in [6.45, 7) is 9.18. The molecule has 4 aliphatic rings. The van der Waals surface area contributed by atoms with Gasteiger partial charge in [0.05, 0.1) is 0 Å². The molecule has 2 heteroatoms. The number of nitrogens with one attached hydrogen (secondary N) is 1. The fraction of sp³-hybridized carbons (Fsp3) is 0.864. The molecule has 4 rings (SSSR count). The Morgan fingerprint density at radius 3 is 2.67 bits per heavy atom. The number of hydrogen-bond acceptors (Lipinski definition) is 1. The molecule has 0 radical (unpaired) electrons. The van der Waals surface area contributed by atoms with E-state index < -0.39 is 0 Å². The number of hydrogen-bond donors (Lipinski definition) is 1. The van der Waals surface area contributed by atoms with Gasteiger partial charge in [-0.25, -0.2) is 0 Å². The highest BCUT2D eigenvalue weighted by Gasteiger charge is 2.58. The zero-order valence-corrected chi connectivity index (χ0v) is 16.0. The SMILES string of the molecule is CC(=O)NC1CC[C@H]2C3CC=C4C[C@@H](C)CC[C@]4(C)[C@H]3CC[C@]12C. The van der Waals surface area contributed by atoms with Crippen molar-refractivity contribution in [2.45, 2.75) is 85.1 Å². The van der Waals surface area contributed by atoms with Crippen LogP contribution in [0.5, 0.6) is 0 Å². The minimum atomic E-state index is 0.156. The van der Waals surface area contributed by atoms with Crippen molar-refractivity contribution >= 4 is 5.91 Å². The Balaban J connectivity index is 1.62. The number of amides is 1. The van der Waals surface area contributed by atoms with Gasteiger partial charge in [0.1, 0.15) is 0 Å². The van der Waals surface area contributed by atoms with Crippen LogP contribution in [0.3, 0.4) is 0 Å². The van der Waals surface area contributed by atoms with E-state index in [2.05, 4.69) is 32.2 Å². The summed E-state index contributed by atoms with van der Waals surface area (Å²) in [4.78, 5) is 11.6. The van der Waals surface area contributed by atoms with Gasteiger partial charge < -0.3 is 5.32 Å². The van der Waals surface area contributed by atoms with Crippen molar-refractivity contribution in [1.82, 2.24) is 5.32 Å². The zero-order chi connectivity index (χ0) is 17.1. The van der Waals surface area contributed by atoms with Crippen molar-refractivity contribution in [2.24, 2.45) is 34.5 Å². The van der Waals surface area contributed by atoms with Gasteiger partial charge in [0, 0.05) is 13.0 Å². The first-order valence-electron chi connectivity index (χ1n) is 10.3. The fourth-order valence-electron chi connectivity index (χ4n) is 7.33. The second kappa shape index (κ2) is 5.61. The van der Waals surface area contributed by atoms with Crippen molar-refractivity contribution in [1.29, 1.82) is 0 Å². The minimum Gasteiger partial charge on any atom is -0.353 e. The third kappa shape index (κ3) is 2.31. The third-order valence-electron chi connectivity index (χ3n) is 8.73. The van der Waals surface area contributed by atoms with Crippen molar-refractivity contribution in [3.05, 3.63) is 11.6 Å². The Hall–Kier alpha value is -0.790. The van der Waals surface area contributed by atoms with Gasteiger partial charge in [0.15, 0.2) is 0 Å². The van der Waals surface area contributed by atoms with Crippen LogP contribution in [0.4, 0.5) is 0 Å². The number of carbonyl (C=O) groups excluding carboxylic acids is 1. The van der Waals surface area contributed by atoms with Crippen LogP contribution in [0.2, 0.25) is 0 Å². The van der Waals surface area contributed by atoms with E-state index in [4.69, 9.17) is 0 Å². The molecule has 0 aliphatic heterocycles. The molecule has 0 heterocycles. The van der Waals surface area contributed by atoms with Crippen molar-refractivity contribution in [2.75, 3.05) is 0 Å². The van der Waals surface area contributed by atoms with Gasteiger partial charge in [-0.2, -0.15) is 0 Å². The highest BCUT2D eigenvalue weighted by Crippen LogP contribution is 2.65. The Labute approximate surface area is 147 Å². The maximum atomic E-state index is 11.6. The van der Waals surface area contributed by atoms with E-state index >= 15 is 0 Å². The molecule has 1 N–H and O–H groups in total. The lowest BCUT2D eigenvalue weighted by Crippen LogP contribution is -2.53. The van der Waals surface area contributed by atoms with Gasteiger partial charge in [-0.15, -0.1) is 0 Å². The fourth-order valence-corrected chi connectivity index (χ4v) is 7.33. The number of carbonyl (C=O) groups is 1. The molecule has 0 spiro atoms. The Bertz CT molecular complexity index is 566. The van der Waals surface area contributed by atoms with Crippen LogP contribution in [-0.2, 0) is 4.79 Å². The average molecular weight is 330 g/mol. The van der Waals surface area contributed by atoms with Gasteiger partial charge in [-0.1, -0.05) is 32.4 Å². The molecule has 3 saturated carbocycles. The summed E-state index contributed by atoms with van der Waals surface area (Å²) < 4.78 is 0. The number of allylic oxidation sites excluding steroid dienone is 2. The molecule has 0 saturated heterocycles. The monoisotopic (exact) mass is 329 g/mol. The highest BCUT2D eigenvalue weighted by molar-refractivity contribution is 5.73. The van der Waals surface area contributed by atoms with Crippen LogP contribution in [-0.4, -0.2) is 11.9 Å². The summed E-state index contributed by atoms with van der Waals surface area (Å²) >= 11 is 0. The lowest BCUT2D eigenvalue weighted by Gasteiger charge is -2.58. The van der Waals surface area contributed by atoms with Crippen LogP contribution < -0.4 is 5.32 Å². The Kier molecular flexibility index (Phi) is 3.89. The molecule has 1 amide bonds. The van der Waals surface area contributed by atoms with Gasteiger partial charge in [-0.05, 0) is 85.9 Å². The highest BCUT2D eigenvalue weighted by atomic mass is 16.1. The van der Waals surface area contributed by atoms with Gasteiger partial charge >= 0.3 is 0 Å². The predicted octanol–water partition coefficient (Wildman–Crippen LogP) is 5.09. The summed E-state index contributed by atoms with van der Waals surface area (Å²) in [6, 6.07) is 0.408. The Morgan fingerprint density at radius 2 is 1.92 bits per heavy atom. The molecular weight excluding hydrogens is 294 g/mol. The molecule has 4 aliphatic carbocycles. The Morgan fingerprint density at radius 1 is 1.12 bits per heavy atom. The van der Waals surface area contributed by atoms with E-state index in [9.17, 15) is 4.79 Å². The summed E-state index contributed by atoms with van der Waals surface area (Å²) in [5.74, 6) is 3.58. The van der Waals surface area contributed by atoms with E-state index in [-0.39, 0.29) is 5.91 Å². The van der Waals surface area contributed by atoms with E-state index in [0.717, 1.165) is 23.7 Å². The first-order chi connectivity index (χ1) is 11.3. The van der Waals surface area contributed by atoms with Crippen molar-refractivity contribution in [3.63, 3.8) is 0 Å². The smallest absolute Gasteiger partial charge is 0.217 e. The second-order valence-electron chi connectivity index (χ2n) is 9.98. The van der Waals surface area contributed by atoms with Crippen LogP contribution in [0, 0.1) is 34.5 Å². The molecule has 7 atom stereocenters. The largest absolute Gasteiger partial charge is 0.353 e. The number of fused-ring (bicyclic) bond motifs is 5. The van der Waals surface area contributed by atoms with Gasteiger partial charge in [0.25, 0.3) is 0 Å². The molecular formula is C22H35NO. The second-order valence-corrected chi connectivity index (χ2v) is 9.98. The van der Waals surface area contributed by atoms with E-state index in [1.54, 1.807) is 12.5 Å². The number of rotatable bonds is 1. The summed E-state index contributed by atoms with van der Waals surface area (Å²) in [5, 5.41) is 3.29. The van der Waals surface area contributed by atoms with Crippen molar-refractivity contribution in [3.8, 4) is 0 Å². The van der Waals surface area contributed by atoms with E-state index in [1.165, 1.54) is 51.4 Å². The zero-order valence-electron chi connectivity index (χ0n) is 16.0. The average Bonchev–Trinajstić information content (AvgIpc) is 2.84. The van der Waals surface area contributed by atoms with Crippen LogP contribution in [0.15, 0.2) is 11.6 Å². The quantitative estimate of drug-likeness (QED) is 0.667. The normalized spacial score (nSPS) is 50.3. The molecule has 134 valence electrons. The first-order valence-corrected chi connectivity index (χ1v) is 10.3. The standard InChI is InChI=1S/C22H35NO/c1-14-9-11-21(3)16(13-14)5-6-17-18-7-8-20(23-15(2)24)22(18,4)12-10-19(17)21/h5,14,17-20H,6-13H2,1-4H3,(H,23,24)/t14-,17?,18-,19-,20?,21-,22-/m0/s1. The first kappa shape index (κ1) is 16.7. The molecule has 3 fully saturated rings. The minimum absolute atomic E-state index is 0.156. The molecule has 2 unspecified atom stereocenters. The van der Waals surface area contributed by atoms with E-state index in [0.29, 0.717) is 16.9 Å². The van der Waals surface area contributed by atoms with Crippen LogP contribution in [0.25, 0.3) is 0 Å². The lowest BCUT2D eigenvalue weighted by molar-refractivity contribution is -0.121. The molecule has 2 nitrogen and oxygen atoms in total. The van der Waals surface area contributed by atoms with E-state index in [1.807, 2.05) is 0 Å². The molecule has 0 aromatic rings. The third-order valence-corrected chi connectivity index (χ3v) is 8.73. The van der Waals surface area contributed by atoms with Gasteiger partial charge in [0.2, 0.25) is 5.91 Å². The summed E-state index contributed by atoms with van der Waals surface area (Å²) in [7, 11) is 0. The maximum Gasteiger partial charge on any atom is 0.217 e. The predicted molar refractivity (Wildman–Crippen MR) is 98.5 cm³/mol. The lowest BCUT2D eigenvalue weighted by atomic mass is 9.47. The topological polar surface area (TPSA) is 29.1 Å². The molecule has 0 bridgehead atoms. The van der Waals surface area contributed by atoms with Crippen LogP contribution >= 0.6 is 0 Å².